The third-order valence-electron chi connectivity index (χ3n) is 3.59. The van der Waals surface area contributed by atoms with Crippen molar-refractivity contribution in [3.8, 4) is 0 Å². The van der Waals surface area contributed by atoms with Crippen molar-refractivity contribution >= 4 is 35.0 Å². The Labute approximate surface area is 162 Å². The molecule has 10 heteroatoms. The molecule has 0 aromatic heterocycles. The van der Waals surface area contributed by atoms with Crippen LogP contribution < -0.4 is 5.32 Å². The zero-order chi connectivity index (χ0) is 20.2. The quantitative estimate of drug-likeness (QED) is 0.395. The van der Waals surface area contributed by atoms with Gasteiger partial charge in [-0.05, 0) is 36.8 Å². The SMILES string of the molecule is CC(NC(=O)CSc1ccc(C(F)(F)F)cc1[N+](=O)[O-])c1ccc(Cl)cc1. The lowest BCUT2D eigenvalue weighted by molar-refractivity contribution is -0.388. The Balaban J connectivity index is 2.03. The van der Waals surface area contributed by atoms with Crippen LogP contribution in [0.5, 0.6) is 0 Å². The number of thioether (sulfide) groups is 1. The number of carbonyl (C=O) groups is 1. The summed E-state index contributed by atoms with van der Waals surface area (Å²) < 4.78 is 38.1. The van der Waals surface area contributed by atoms with Gasteiger partial charge in [0.2, 0.25) is 5.91 Å². The van der Waals surface area contributed by atoms with Crippen LogP contribution in [0.2, 0.25) is 5.02 Å². The van der Waals surface area contributed by atoms with E-state index in [-0.39, 0.29) is 16.7 Å². The van der Waals surface area contributed by atoms with E-state index in [1.54, 1.807) is 31.2 Å². The summed E-state index contributed by atoms with van der Waals surface area (Å²) in [7, 11) is 0. The number of alkyl halides is 3. The molecule has 1 amide bonds. The molecule has 0 fully saturated rings. The van der Waals surface area contributed by atoms with Crippen LogP contribution in [-0.2, 0) is 11.0 Å². The molecule has 0 aliphatic carbocycles. The van der Waals surface area contributed by atoms with Gasteiger partial charge in [-0.25, -0.2) is 0 Å². The first-order valence-electron chi connectivity index (χ1n) is 7.61. The molecule has 0 saturated carbocycles. The minimum atomic E-state index is -4.68. The Morgan fingerprint density at radius 2 is 1.89 bits per heavy atom. The molecule has 27 heavy (non-hydrogen) atoms. The maximum Gasteiger partial charge on any atom is 0.416 e. The average molecular weight is 419 g/mol. The summed E-state index contributed by atoms with van der Waals surface area (Å²) in [5.74, 6) is -0.582. The van der Waals surface area contributed by atoms with Crippen LogP contribution in [0, 0.1) is 10.1 Å². The van der Waals surface area contributed by atoms with E-state index in [1.165, 1.54) is 0 Å². The van der Waals surface area contributed by atoms with Crippen molar-refractivity contribution in [1.29, 1.82) is 0 Å². The van der Waals surface area contributed by atoms with Crippen LogP contribution in [-0.4, -0.2) is 16.6 Å². The molecule has 2 aromatic rings. The maximum atomic E-state index is 12.7. The first-order chi connectivity index (χ1) is 12.6. The second-order valence-electron chi connectivity index (χ2n) is 5.57. The van der Waals surface area contributed by atoms with E-state index < -0.39 is 28.3 Å². The van der Waals surface area contributed by atoms with Crippen LogP contribution in [0.1, 0.15) is 24.1 Å². The molecular formula is C17H14ClF3N2O3S. The number of benzene rings is 2. The van der Waals surface area contributed by atoms with Crippen molar-refractivity contribution in [2.45, 2.75) is 24.0 Å². The number of hydrogen-bond acceptors (Lipinski definition) is 4. The van der Waals surface area contributed by atoms with Crippen LogP contribution in [0.3, 0.4) is 0 Å². The predicted molar refractivity (Wildman–Crippen MR) is 96.8 cm³/mol. The molecule has 144 valence electrons. The van der Waals surface area contributed by atoms with E-state index in [0.717, 1.165) is 29.5 Å². The molecule has 5 nitrogen and oxygen atoms in total. The molecule has 0 spiro atoms. The Morgan fingerprint density at radius 3 is 2.44 bits per heavy atom. The number of hydrogen-bond donors (Lipinski definition) is 1. The molecule has 1 N–H and O–H groups in total. The molecule has 0 radical (unpaired) electrons. The van der Waals surface area contributed by atoms with E-state index in [9.17, 15) is 28.1 Å². The van der Waals surface area contributed by atoms with Crippen molar-refractivity contribution in [3.63, 3.8) is 0 Å². The summed E-state index contributed by atoms with van der Waals surface area (Å²) in [4.78, 5) is 22.2. The summed E-state index contributed by atoms with van der Waals surface area (Å²) in [5, 5.41) is 14.3. The van der Waals surface area contributed by atoms with Crippen LogP contribution >= 0.6 is 23.4 Å². The maximum absolute atomic E-state index is 12.7. The van der Waals surface area contributed by atoms with Gasteiger partial charge in [-0.3, -0.25) is 14.9 Å². The monoisotopic (exact) mass is 418 g/mol. The number of nitrogens with zero attached hydrogens (tertiary/aromatic N) is 1. The molecule has 0 saturated heterocycles. The van der Waals surface area contributed by atoms with Gasteiger partial charge in [0.25, 0.3) is 5.69 Å². The first-order valence-corrected chi connectivity index (χ1v) is 8.97. The van der Waals surface area contributed by atoms with Gasteiger partial charge < -0.3 is 5.32 Å². The van der Waals surface area contributed by atoms with E-state index in [4.69, 9.17) is 11.6 Å². The van der Waals surface area contributed by atoms with E-state index in [2.05, 4.69) is 5.32 Å². The van der Waals surface area contributed by atoms with Gasteiger partial charge in [0.15, 0.2) is 0 Å². The standard InChI is InChI=1S/C17H14ClF3N2O3S/c1-10(11-2-5-13(18)6-3-11)22-16(24)9-27-15-7-4-12(17(19,20)21)8-14(15)23(25)26/h2-8,10H,9H2,1H3,(H,22,24). The number of rotatable bonds is 6. The van der Waals surface area contributed by atoms with Gasteiger partial charge in [0, 0.05) is 11.1 Å². The second kappa shape index (κ2) is 8.62. The zero-order valence-corrected chi connectivity index (χ0v) is 15.5. The average Bonchev–Trinajstić information content (AvgIpc) is 2.59. The Hall–Kier alpha value is -2.26. The summed E-state index contributed by atoms with van der Waals surface area (Å²) in [5.41, 5.74) is -0.981. The van der Waals surface area contributed by atoms with Gasteiger partial charge in [0.1, 0.15) is 0 Å². The second-order valence-corrected chi connectivity index (χ2v) is 7.02. The van der Waals surface area contributed by atoms with Crippen LogP contribution in [0.4, 0.5) is 18.9 Å². The molecule has 2 rings (SSSR count). The molecule has 2 aromatic carbocycles. The minimum Gasteiger partial charge on any atom is -0.349 e. The summed E-state index contributed by atoms with van der Waals surface area (Å²) in [6.45, 7) is 1.76. The van der Waals surface area contributed by atoms with Gasteiger partial charge in [-0.2, -0.15) is 13.2 Å². The first kappa shape index (κ1) is 21.0. The number of carbonyl (C=O) groups excluding carboxylic acids is 1. The largest absolute Gasteiger partial charge is 0.416 e. The lowest BCUT2D eigenvalue weighted by Crippen LogP contribution is -2.28. The highest BCUT2D eigenvalue weighted by Crippen LogP contribution is 2.36. The normalized spacial score (nSPS) is 12.5. The molecule has 0 heterocycles. The molecule has 1 atom stereocenters. The topological polar surface area (TPSA) is 72.2 Å². The highest BCUT2D eigenvalue weighted by molar-refractivity contribution is 8.00. The van der Waals surface area contributed by atoms with Crippen molar-refractivity contribution in [2.24, 2.45) is 0 Å². The number of amides is 1. The van der Waals surface area contributed by atoms with Gasteiger partial charge in [-0.1, -0.05) is 23.7 Å². The fourth-order valence-corrected chi connectivity index (χ4v) is 3.16. The number of nitro groups is 1. The van der Waals surface area contributed by atoms with E-state index in [0.29, 0.717) is 11.1 Å². The number of nitrogens with one attached hydrogen (secondary N) is 1. The van der Waals surface area contributed by atoms with Gasteiger partial charge >= 0.3 is 6.18 Å². The van der Waals surface area contributed by atoms with E-state index >= 15 is 0 Å². The molecular weight excluding hydrogens is 405 g/mol. The zero-order valence-electron chi connectivity index (χ0n) is 13.9. The smallest absolute Gasteiger partial charge is 0.349 e. The van der Waals surface area contributed by atoms with E-state index in [1.807, 2.05) is 0 Å². The fourth-order valence-electron chi connectivity index (χ4n) is 2.22. The summed E-state index contributed by atoms with van der Waals surface area (Å²) in [6, 6.07) is 8.77. The van der Waals surface area contributed by atoms with Gasteiger partial charge in [0.05, 0.1) is 27.2 Å². The Kier molecular flexibility index (Phi) is 6.72. The third-order valence-corrected chi connectivity index (χ3v) is 4.90. The number of halogens is 4. The van der Waals surface area contributed by atoms with Crippen molar-refractivity contribution in [2.75, 3.05) is 5.75 Å². The highest BCUT2D eigenvalue weighted by Gasteiger charge is 2.33. The Morgan fingerprint density at radius 1 is 1.26 bits per heavy atom. The summed E-state index contributed by atoms with van der Waals surface area (Å²) in [6.07, 6.45) is -4.68. The lowest BCUT2D eigenvalue weighted by Gasteiger charge is -2.14. The molecule has 0 aliphatic rings. The molecule has 1 unspecified atom stereocenters. The minimum absolute atomic E-state index is 0.0118. The number of nitro benzene ring substituents is 1. The van der Waals surface area contributed by atoms with Crippen molar-refractivity contribution < 1.29 is 22.9 Å². The summed E-state index contributed by atoms with van der Waals surface area (Å²) >= 11 is 6.60. The fraction of sp³-hybridized carbons (Fsp3) is 0.235. The van der Waals surface area contributed by atoms with Crippen LogP contribution in [0.25, 0.3) is 0 Å². The Bertz CT molecular complexity index is 844. The lowest BCUT2D eigenvalue weighted by atomic mass is 10.1. The molecule has 0 bridgehead atoms. The van der Waals surface area contributed by atoms with Gasteiger partial charge in [-0.15, -0.1) is 11.8 Å². The van der Waals surface area contributed by atoms with Crippen molar-refractivity contribution in [3.05, 3.63) is 68.7 Å². The van der Waals surface area contributed by atoms with Crippen LogP contribution in [0.15, 0.2) is 47.4 Å². The van der Waals surface area contributed by atoms with Crippen molar-refractivity contribution in [1.82, 2.24) is 5.32 Å². The highest BCUT2D eigenvalue weighted by atomic mass is 35.5. The third kappa shape index (κ3) is 5.86. The molecule has 0 aliphatic heterocycles. The predicted octanol–water partition coefficient (Wildman–Crippen LogP) is 5.24.